The molecular weight excluding hydrogens is 518 g/mol. The van der Waals surface area contributed by atoms with Crippen LogP contribution in [-0.2, 0) is 12.8 Å². The second kappa shape index (κ2) is 14.2. The lowest BCUT2D eigenvalue weighted by atomic mass is 9.90. The SMILES string of the molecule is C(C=Cc1ccc(N(c2ccc(C=CC=Cc3ccccc3)cc2)c2cccc3c2CCCC3)cc1)=Cc1ccccc1. The highest BCUT2D eigenvalue weighted by atomic mass is 15.1. The van der Waals surface area contributed by atoms with Crippen molar-refractivity contribution in [1.29, 1.82) is 0 Å². The second-order valence-corrected chi connectivity index (χ2v) is 10.9. The van der Waals surface area contributed by atoms with Crippen LogP contribution in [0.5, 0.6) is 0 Å². The fourth-order valence-electron chi connectivity index (χ4n) is 5.66. The summed E-state index contributed by atoms with van der Waals surface area (Å²) >= 11 is 0. The molecule has 6 rings (SSSR count). The molecule has 43 heavy (non-hydrogen) atoms. The van der Waals surface area contributed by atoms with Crippen LogP contribution in [0, 0.1) is 0 Å². The van der Waals surface area contributed by atoms with Crippen molar-refractivity contribution >= 4 is 41.4 Å². The van der Waals surface area contributed by atoms with E-state index in [1.54, 1.807) is 0 Å². The zero-order valence-corrected chi connectivity index (χ0v) is 24.5. The summed E-state index contributed by atoms with van der Waals surface area (Å²) in [5.41, 5.74) is 11.4. The average molecular weight is 556 g/mol. The molecule has 1 aliphatic carbocycles. The van der Waals surface area contributed by atoms with E-state index in [1.807, 2.05) is 12.1 Å². The molecule has 0 N–H and O–H groups in total. The Morgan fingerprint density at radius 3 is 1.33 bits per heavy atom. The van der Waals surface area contributed by atoms with Gasteiger partial charge in [0.1, 0.15) is 0 Å². The van der Waals surface area contributed by atoms with Crippen molar-refractivity contribution in [1.82, 2.24) is 0 Å². The summed E-state index contributed by atoms with van der Waals surface area (Å²) in [5.74, 6) is 0. The predicted molar refractivity (Wildman–Crippen MR) is 187 cm³/mol. The Bertz CT molecular complexity index is 1620. The van der Waals surface area contributed by atoms with Gasteiger partial charge in [-0.3, -0.25) is 0 Å². The van der Waals surface area contributed by atoms with Gasteiger partial charge in [0, 0.05) is 17.1 Å². The Hall–Kier alpha value is -5.14. The van der Waals surface area contributed by atoms with Crippen LogP contribution in [0.25, 0.3) is 24.3 Å². The molecule has 0 fully saturated rings. The summed E-state index contributed by atoms with van der Waals surface area (Å²) < 4.78 is 0. The Labute approximate surface area is 256 Å². The number of fused-ring (bicyclic) bond motifs is 1. The maximum absolute atomic E-state index is 2.43. The monoisotopic (exact) mass is 555 g/mol. The molecule has 0 radical (unpaired) electrons. The minimum atomic E-state index is 1.13. The second-order valence-electron chi connectivity index (χ2n) is 10.9. The van der Waals surface area contributed by atoms with Gasteiger partial charge in [-0.25, -0.2) is 0 Å². The summed E-state index contributed by atoms with van der Waals surface area (Å²) in [6, 6.07) is 45.4. The lowest BCUT2D eigenvalue weighted by Crippen LogP contribution is -2.15. The van der Waals surface area contributed by atoms with E-state index >= 15 is 0 Å². The van der Waals surface area contributed by atoms with Crippen molar-refractivity contribution in [3.8, 4) is 0 Å². The van der Waals surface area contributed by atoms with Crippen molar-refractivity contribution in [3.05, 3.63) is 185 Å². The highest BCUT2D eigenvalue weighted by Crippen LogP contribution is 2.40. The van der Waals surface area contributed by atoms with Crippen molar-refractivity contribution in [2.45, 2.75) is 25.7 Å². The standard InChI is InChI=1S/C42H37N/c1-3-14-34(15-4-1)18-7-9-20-36-26-30-39(31-27-36)43(42-25-13-23-38-22-11-12-24-41(38)42)40-32-28-37(29-33-40)21-10-8-19-35-16-5-2-6-17-35/h1-10,13-21,23,25-33H,11-12,22,24H2. The fourth-order valence-corrected chi connectivity index (χ4v) is 5.66. The first-order valence-corrected chi connectivity index (χ1v) is 15.2. The first-order valence-electron chi connectivity index (χ1n) is 15.2. The van der Waals surface area contributed by atoms with Gasteiger partial charge in [-0.2, -0.15) is 0 Å². The normalized spacial score (nSPS) is 13.3. The highest BCUT2D eigenvalue weighted by molar-refractivity contribution is 5.80. The summed E-state index contributed by atoms with van der Waals surface area (Å²) in [7, 11) is 0. The number of hydrogen-bond donors (Lipinski definition) is 0. The third kappa shape index (κ3) is 7.39. The first kappa shape index (κ1) is 28.0. The van der Waals surface area contributed by atoms with Gasteiger partial charge in [-0.15, -0.1) is 0 Å². The van der Waals surface area contributed by atoms with Crippen molar-refractivity contribution in [3.63, 3.8) is 0 Å². The van der Waals surface area contributed by atoms with Gasteiger partial charge in [0.25, 0.3) is 0 Å². The van der Waals surface area contributed by atoms with E-state index < -0.39 is 0 Å². The van der Waals surface area contributed by atoms with Crippen LogP contribution in [0.2, 0.25) is 0 Å². The summed E-state index contributed by atoms with van der Waals surface area (Å²) in [6.45, 7) is 0. The molecule has 0 amide bonds. The van der Waals surface area contributed by atoms with Gasteiger partial charge in [0.2, 0.25) is 0 Å². The largest absolute Gasteiger partial charge is 0.310 e. The number of allylic oxidation sites excluding steroid dienone is 4. The van der Waals surface area contributed by atoms with E-state index in [1.165, 1.54) is 63.3 Å². The van der Waals surface area contributed by atoms with Crippen LogP contribution in [0.3, 0.4) is 0 Å². The Morgan fingerprint density at radius 1 is 0.395 bits per heavy atom. The molecule has 210 valence electrons. The first-order chi connectivity index (χ1) is 21.3. The molecule has 0 spiro atoms. The van der Waals surface area contributed by atoms with E-state index in [9.17, 15) is 0 Å². The Kier molecular flexibility index (Phi) is 9.22. The smallest absolute Gasteiger partial charge is 0.0496 e. The maximum Gasteiger partial charge on any atom is 0.0496 e. The summed E-state index contributed by atoms with van der Waals surface area (Å²) in [5, 5.41) is 0. The van der Waals surface area contributed by atoms with Gasteiger partial charge >= 0.3 is 0 Å². The van der Waals surface area contributed by atoms with Crippen LogP contribution >= 0.6 is 0 Å². The number of nitrogens with zero attached hydrogens (tertiary/aromatic N) is 1. The van der Waals surface area contributed by atoms with Gasteiger partial charge < -0.3 is 4.90 Å². The Balaban J connectivity index is 1.25. The number of benzene rings is 5. The highest BCUT2D eigenvalue weighted by Gasteiger charge is 2.20. The Morgan fingerprint density at radius 2 is 0.837 bits per heavy atom. The fraction of sp³-hybridized carbons (Fsp3) is 0.0952. The molecule has 0 bridgehead atoms. The van der Waals surface area contributed by atoms with E-state index in [4.69, 9.17) is 0 Å². The number of anilines is 3. The van der Waals surface area contributed by atoms with Gasteiger partial charge in [0.05, 0.1) is 0 Å². The molecule has 0 aliphatic heterocycles. The van der Waals surface area contributed by atoms with Crippen LogP contribution < -0.4 is 4.90 Å². The van der Waals surface area contributed by atoms with Gasteiger partial charge in [0.15, 0.2) is 0 Å². The quantitative estimate of drug-likeness (QED) is 0.164. The third-order valence-electron chi connectivity index (χ3n) is 7.89. The summed E-state index contributed by atoms with van der Waals surface area (Å²) in [6.07, 6.45) is 21.8. The molecule has 0 saturated heterocycles. The molecule has 0 saturated carbocycles. The van der Waals surface area contributed by atoms with Gasteiger partial charge in [-0.05, 0) is 89.4 Å². The maximum atomic E-state index is 2.43. The predicted octanol–water partition coefficient (Wildman–Crippen LogP) is 11.5. The molecule has 0 atom stereocenters. The number of rotatable bonds is 9. The molecule has 0 unspecified atom stereocenters. The average Bonchev–Trinajstić information content (AvgIpc) is 3.07. The van der Waals surface area contributed by atoms with E-state index in [0.717, 1.165) is 12.8 Å². The van der Waals surface area contributed by atoms with Crippen LogP contribution in [0.15, 0.2) is 152 Å². The summed E-state index contributed by atoms with van der Waals surface area (Å²) in [4.78, 5) is 2.43. The zero-order valence-electron chi connectivity index (χ0n) is 24.5. The molecule has 1 aliphatic rings. The van der Waals surface area contributed by atoms with Crippen molar-refractivity contribution < 1.29 is 0 Å². The van der Waals surface area contributed by atoms with E-state index in [2.05, 4.69) is 169 Å². The topological polar surface area (TPSA) is 3.24 Å². The van der Waals surface area contributed by atoms with E-state index in [0.29, 0.717) is 0 Å². The zero-order chi connectivity index (χ0) is 29.1. The molecule has 0 aromatic heterocycles. The minimum absolute atomic E-state index is 1.13. The lowest BCUT2D eigenvalue weighted by molar-refractivity contribution is 0.686. The molecule has 1 heteroatoms. The molecule has 5 aromatic rings. The molecule has 1 nitrogen and oxygen atoms in total. The lowest BCUT2D eigenvalue weighted by Gasteiger charge is -2.30. The third-order valence-corrected chi connectivity index (χ3v) is 7.89. The van der Waals surface area contributed by atoms with Crippen molar-refractivity contribution in [2.24, 2.45) is 0 Å². The van der Waals surface area contributed by atoms with Crippen molar-refractivity contribution in [2.75, 3.05) is 4.90 Å². The van der Waals surface area contributed by atoms with Crippen LogP contribution in [-0.4, -0.2) is 0 Å². The van der Waals surface area contributed by atoms with E-state index in [-0.39, 0.29) is 0 Å². The van der Waals surface area contributed by atoms with Crippen LogP contribution in [0.1, 0.15) is 46.2 Å². The molecule has 0 heterocycles. The number of hydrogen-bond acceptors (Lipinski definition) is 1. The number of aryl methyl sites for hydroxylation is 1. The van der Waals surface area contributed by atoms with Crippen LogP contribution in [0.4, 0.5) is 17.1 Å². The molecular formula is C42H37N. The molecule has 5 aromatic carbocycles. The minimum Gasteiger partial charge on any atom is -0.310 e. The van der Waals surface area contributed by atoms with Gasteiger partial charge in [-0.1, -0.05) is 146 Å².